The Hall–Kier alpha value is -6.50. The number of furan rings is 1. The third-order valence-electron chi connectivity index (χ3n) is 12.1. The van der Waals surface area contributed by atoms with Crippen LogP contribution < -0.4 is 10.6 Å². The van der Waals surface area contributed by atoms with Crippen molar-refractivity contribution in [2.24, 2.45) is 4.99 Å². The number of nitrogens with zero attached hydrogens (tertiary/aromatic N) is 1. The van der Waals surface area contributed by atoms with Gasteiger partial charge >= 0.3 is 0 Å². The molecule has 10 aromatic rings. The topological polar surface area (TPSA) is 49.6 Å². The van der Waals surface area contributed by atoms with Crippen molar-refractivity contribution in [3.05, 3.63) is 198 Å². The van der Waals surface area contributed by atoms with Crippen molar-refractivity contribution in [2.75, 3.05) is 0 Å². The lowest BCUT2D eigenvalue weighted by Crippen LogP contribution is -2.45. The second-order valence-corrected chi connectivity index (χ2v) is 17.2. The van der Waals surface area contributed by atoms with Crippen molar-refractivity contribution < 1.29 is 4.42 Å². The third-order valence-corrected chi connectivity index (χ3v) is 13.5. The van der Waals surface area contributed by atoms with E-state index in [9.17, 15) is 0 Å². The molecule has 8 aromatic carbocycles. The molecule has 6 heteroatoms. The van der Waals surface area contributed by atoms with E-state index in [2.05, 4.69) is 174 Å². The summed E-state index contributed by atoms with van der Waals surface area (Å²) in [5.41, 5.74) is 10.1. The molecule has 0 saturated carbocycles. The van der Waals surface area contributed by atoms with Gasteiger partial charge in [0, 0.05) is 36.7 Å². The van der Waals surface area contributed by atoms with Gasteiger partial charge in [-0.1, -0.05) is 133 Å². The molecule has 3 atom stereocenters. The van der Waals surface area contributed by atoms with Crippen molar-refractivity contribution >= 4 is 87.5 Å². The number of alkyl halides is 1. The van der Waals surface area contributed by atoms with E-state index in [-0.39, 0.29) is 17.7 Å². The predicted octanol–water partition coefficient (Wildman–Crippen LogP) is 14.0. The largest absolute Gasteiger partial charge is 0.456 e. The van der Waals surface area contributed by atoms with Crippen LogP contribution in [0.4, 0.5) is 0 Å². The Kier molecular flexibility index (Phi) is 8.09. The number of halogens is 1. The summed E-state index contributed by atoms with van der Waals surface area (Å²) < 4.78 is 8.92. The van der Waals surface area contributed by atoms with Crippen LogP contribution in [0.5, 0.6) is 0 Å². The number of nitrogens with one attached hydrogen (secondary N) is 2. The second kappa shape index (κ2) is 13.8. The number of rotatable bonds is 5. The van der Waals surface area contributed by atoms with Crippen LogP contribution in [0, 0.1) is 0 Å². The summed E-state index contributed by atoms with van der Waals surface area (Å²) in [5, 5.41) is 16.2. The Bertz CT molecular complexity index is 3360. The summed E-state index contributed by atoms with van der Waals surface area (Å²) in [4.78, 5) is 5.40. The Morgan fingerprint density at radius 1 is 0.610 bits per heavy atom. The second-order valence-electron chi connectivity index (χ2n) is 15.6. The first-order valence-corrected chi connectivity index (χ1v) is 21.4. The number of benzene rings is 8. The average Bonchev–Trinajstić information content (AvgIpc) is 3.86. The Balaban J connectivity index is 0.971. The quantitative estimate of drug-likeness (QED) is 0.171. The highest BCUT2D eigenvalue weighted by Gasteiger charge is 2.28. The lowest BCUT2D eigenvalue weighted by Gasteiger charge is -2.33. The van der Waals surface area contributed by atoms with Gasteiger partial charge in [-0.3, -0.25) is 5.32 Å². The fraction of sp³-hybridized carbons (Fsp3) is 0.0755. The molecular weight excluding hydrogens is 762 g/mol. The van der Waals surface area contributed by atoms with Crippen LogP contribution in [0.2, 0.25) is 0 Å². The molecule has 0 amide bonds. The Labute approximate surface area is 350 Å². The van der Waals surface area contributed by atoms with Crippen molar-refractivity contribution in [3.8, 4) is 22.3 Å². The maximum atomic E-state index is 6.67. The first-order chi connectivity index (χ1) is 29.1. The lowest BCUT2D eigenvalue weighted by atomic mass is 9.89. The smallest absolute Gasteiger partial charge is 0.135 e. The Morgan fingerprint density at radius 3 is 2.27 bits per heavy atom. The van der Waals surface area contributed by atoms with Crippen LogP contribution in [0.15, 0.2) is 179 Å². The number of fused-ring (bicyclic) bond motifs is 8. The highest BCUT2D eigenvalue weighted by Crippen LogP contribution is 2.43. The summed E-state index contributed by atoms with van der Waals surface area (Å²) in [6, 6.07) is 59.1. The van der Waals surface area contributed by atoms with Crippen molar-refractivity contribution in [3.63, 3.8) is 0 Å². The van der Waals surface area contributed by atoms with E-state index in [1.807, 2.05) is 23.5 Å². The van der Waals surface area contributed by atoms with Gasteiger partial charge in [-0.15, -0.1) is 22.9 Å². The van der Waals surface area contributed by atoms with E-state index in [0.717, 1.165) is 51.2 Å². The predicted molar refractivity (Wildman–Crippen MR) is 249 cm³/mol. The van der Waals surface area contributed by atoms with Gasteiger partial charge in [0.05, 0.1) is 5.38 Å². The number of amidine groups is 1. The van der Waals surface area contributed by atoms with Gasteiger partial charge in [-0.05, 0) is 104 Å². The fourth-order valence-electron chi connectivity index (χ4n) is 9.19. The van der Waals surface area contributed by atoms with E-state index < -0.39 is 0 Å². The van der Waals surface area contributed by atoms with Crippen molar-refractivity contribution in [1.29, 1.82) is 0 Å². The first-order valence-electron chi connectivity index (χ1n) is 20.1. The molecule has 0 fully saturated rings. The van der Waals surface area contributed by atoms with Gasteiger partial charge in [0.25, 0.3) is 0 Å². The van der Waals surface area contributed by atoms with Crippen molar-refractivity contribution in [2.45, 2.75) is 24.1 Å². The average molecular weight is 798 g/mol. The fourth-order valence-corrected chi connectivity index (χ4v) is 10.5. The van der Waals surface area contributed by atoms with E-state index in [0.29, 0.717) is 0 Å². The standard InChI is InChI=1S/C53H36ClN3OS/c54-37-23-26-46-45(30-37)50-42(13-7-14-47(50)58-46)40-24-25-43(39-11-4-3-10-38(39)40)53-56-51(33-19-16-32(17-20-33)35-21-18-31-8-1-2-9-34(31)28-35)55-52(57-53)36-22-27-49-44(29-36)41-12-5-6-15-48(41)59-49/h1-29,37,51,53,56H,30H2,(H,55,57). The number of hydrogen-bond donors (Lipinski definition) is 2. The van der Waals surface area contributed by atoms with Crippen LogP contribution in [-0.2, 0) is 6.42 Å². The minimum atomic E-state index is -0.294. The number of aliphatic imine (C=N–C) groups is 1. The Morgan fingerprint density at radius 2 is 1.37 bits per heavy atom. The maximum absolute atomic E-state index is 6.67. The minimum Gasteiger partial charge on any atom is -0.456 e. The zero-order chi connectivity index (χ0) is 39.0. The van der Waals surface area contributed by atoms with Gasteiger partial charge < -0.3 is 9.73 Å². The zero-order valence-corrected chi connectivity index (χ0v) is 33.4. The minimum absolute atomic E-state index is 0.0585. The summed E-state index contributed by atoms with van der Waals surface area (Å²) in [5.74, 6) is 1.76. The van der Waals surface area contributed by atoms with E-state index in [1.165, 1.54) is 64.0 Å². The summed E-state index contributed by atoms with van der Waals surface area (Å²) in [6.07, 6.45) is 4.25. The molecule has 1 aliphatic carbocycles. The normalized spacial score (nSPS) is 17.8. The summed E-state index contributed by atoms with van der Waals surface area (Å²) >= 11 is 8.50. The first kappa shape index (κ1) is 34.5. The molecule has 2 aromatic heterocycles. The van der Waals surface area contributed by atoms with E-state index in [4.69, 9.17) is 21.0 Å². The number of hydrogen-bond acceptors (Lipinski definition) is 5. The molecule has 4 nitrogen and oxygen atoms in total. The van der Waals surface area contributed by atoms with Crippen LogP contribution in [0.25, 0.3) is 81.0 Å². The molecule has 2 N–H and O–H groups in total. The molecule has 12 rings (SSSR count). The highest BCUT2D eigenvalue weighted by atomic mass is 35.5. The molecule has 0 spiro atoms. The number of thiophene rings is 1. The molecule has 59 heavy (non-hydrogen) atoms. The van der Waals surface area contributed by atoms with E-state index >= 15 is 0 Å². The monoisotopic (exact) mass is 797 g/mol. The highest BCUT2D eigenvalue weighted by molar-refractivity contribution is 7.25. The van der Waals surface area contributed by atoms with Gasteiger partial charge in [-0.25, -0.2) is 4.99 Å². The molecule has 2 aliphatic rings. The zero-order valence-electron chi connectivity index (χ0n) is 31.8. The van der Waals surface area contributed by atoms with Crippen molar-refractivity contribution in [1.82, 2.24) is 10.6 Å². The molecule has 3 unspecified atom stereocenters. The molecule has 0 radical (unpaired) electrons. The third kappa shape index (κ3) is 5.88. The molecule has 0 bridgehead atoms. The maximum Gasteiger partial charge on any atom is 0.135 e. The summed E-state index contributed by atoms with van der Waals surface area (Å²) in [7, 11) is 0. The van der Waals surface area contributed by atoms with Gasteiger partial charge in [-0.2, -0.15) is 0 Å². The molecular formula is C53H36ClN3OS. The van der Waals surface area contributed by atoms with Gasteiger partial charge in [0.1, 0.15) is 29.5 Å². The lowest BCUT2D eigenvalue weighted by molar-refractivity contribution is 0.411. The summed E-state index contributed by atoms with van der Waals surface area (Å²) in [6.45, 7) is 0. The van der Waals surface area contributed by atoms with Crippen LogP contribution in [0.3, 0.4) is 0 Å². The van der Waals surface area contributed by atoms with Crippen LogP contribution in [0.1, 0.15) is 40.3 Å². The molecule has 1 aliphatic heterocycles. The van der Waals surface area contributed by atoms with Gasteiger partial charge in [0.15, 0.2) is 0 Å². The van der Waals surface area contributed by atoms with Crippen LogP contribution >= 0.6 is 22.9 Å². The SMILES string of the molecule is ClC1C=Cc2oc3cccc(-c4ccc(C5NC(c6ccc7sc8ccccc8c7c6)=NC(c6ccc(-c7ccc8ccccc8c7)cc6)N5)c5ccccc45)c3c2C1. The molecule has 0 saturated heterocycles. The number of allylic oxidation sites excluding steroid dienone is 1. The van der Waals surface area contributed by atoms with Gasteiger partial charge in [0.2, 0.25) is 0 Å². The van der Waals surface area contributed by atoms with E-state index in [1.54, 1.807) is 0 Å². The molecule has 282 valence electrons. The molecule has 3 heterocycles. The van der Waals surface area contributed by atoms with Crippen LogP contribution in [-0.4, -0.2) is 11.2 Å².